The van der Waals surface area contributed by atoms with Crippen LogP contribution in [-0.4, -0.2) is 61.9 Å². The number of hydrogen-bond donors (Lipinski definition) is 0. The SMILES string of the molecule is C[N+](C)(c1c(F)c(F)c(F)c(F)c1F)C(F)(F)C(F)(F)C(F)(F)C(F)(F)C(F)(F)C(F)(F)C(F)(F)C(F)(F)F. The van der Waals surface area contributed by atoms with Crippen LogP contribution in [0.2, 0.25) is 0 Å². The molecule has 0 atom stereocenters. The smallest absolute Gasteiger partial charge is 0.225 e. The fourth-order valence-corrected chi connectivity index (χ4v) is 2.73. The summed E-state index contributed by atoms with van der Waals surface area (Å²) in [7, 11) is -1.77. The van der Waals surface area contributed by atoms with Gasteiger partial charge in [-0.15, -0.1) is 8.78 Å². The van der Waals surface area contributed by atoms with Crippen molar-refractivity contribution in [1.29, 1.82) is 0 Å². The van der Waals surface area contributed by atoms with Crippen LogP contribution in [0.1, 0.15) is 0 Å². The zero-order chi connectivity index (χ0) is 32.0. The van der Waals surface area contributed by atoms with Gasteiger partial charge >= 0.3 is 47.8 Å². The maximum Gasteiger partial charge on any atom is 0.466 e. The van der Waals surface area contributed by atoms with Gasteiger partial charge in [0.2, 0.25) is 34.8 Å². The minimum absolute atomic E-state index is 0.884. The van der Waals surface area contributed by atoms with Gasteiger partial charge in [-0.05, 0) is 0 Å². The molecule has 0 aromatic heterocycles. The Hall–Kier alpha value is -2.36. The van der Waals surface area contributed by atoms with Crippen LogP contribution >= 0.6 is 0 Å². The van der Waals surface area contributed by atoms with Gasteiger partial charge in [0.15, 0.2) is 0 Å². The van der Waals surface area contributed by atoms with E-state index >= 15 is 0 Å². The highest BCUT2D eigenvalue weighted by Crippen LogP contribution is 2.64. The van der Waals surface area contributed by atoms with Crippen LogP contribution in [-0.2, 0) is 0 Å². The second-order valence-electron chi connectivity index (χ2n) is 7.86. The third-order valence-corrected chi connectivity index (χ3v) is 5.15. The van der Waals surface area contributed by atoms with Crippen molar-refractivity contribution in [3.63, 3.8) is 0 Å². The molecule has 0 amide bonds. The predicted molar refractivity (Wildman–Crippen MR) is 80.6 cm³/mol. The van der Waals surface area contributed by atoms with E-state index in [-0.39, 0.29) is 0 Å². The first-order valence-electron chi connectivity index (χ1n) is 8.75. The summed E-state index contributed by atoms with van der Waals surface area (Å²) in [4.78, 5) is 0. The Morgan fingerprint density at radius 3 is 0.872 bits per heavy atom. The Labute approximate surface area is 199 Å². The van der Waals surface area contributed by atoms with E-state index in [1.807, 2.05) is 0 Å². The number of alkyl halides is 17. The molecule has 0 spiro atoms. The zero-order valence-corrected chi connectivity index (χ0v) is 17.8. The molecule has 0 fully saturated rings. The summed E-state index contributed by atoms with van der Waals surface area (Å²) in [5, 5.41) is 0. The second kappa shape index (κ2) is 8.82. The van der Waals surface area contributed by atoms with Crippen LogP contribution in [0.25, 0.3) is 0 Å². The Balaban J connectivity index is 3.98. The van der Waals surface area contributed by atoms with E-state index < -0.39 is 101 Å². The average Bonchev–Trinajstić information content (AvgIpc) is 2.74. The van der Waals surface area contributed by atoms with Gasteiger partial charge < -0.3 is 0 Å². The monoisotopic (exact) mass is 630 g/mol. The lowest BCUT2D eigenvalue weighted by Gasteiger charge is -2.45. The fourth-order valence-electron chi connectivity index (χ4n) is 2.73. The lowest BCUT2D eigenvalue weighted by Crippen LogP contribution is -2.78. The van der Waals surface area contributed by atoms with Crippen LogP contribution in [0.3, 0.4) is 0 Å². The molecular weight excluding hydrogens is 624 g/mol. The molecule has 0 aliphatic rings. The van der Waals surface area contributed by atoms with E-state index in [2.05, 4.69) is 0 Å². The molecular formula is C16H6F22N+. The van der Waals surface area contributed by atoms with E-state index in [0.717, 1.165) is 0 Å². The van der Waals surface area contributed by atoms with E-state index in [1.165, 1.54) is 0 Å². The second-order valence-corrected chi connectivity index (χ2v) is 7.86. The first-order valence-corrected chi connectivity index (χ1v) is 8.75. The van der Waals surface area contributed by atoms with Crippen LogP contribution in [0, 0.1) is 29.1 Å². The maximum atomic E-state index is 14.5. The predicted octanol–water partition coefficient (Wildman–Crippen LogP) is 7.92. The molecule has 1 aromatic carbocycles. The molecule has 0 radical (unpaired) electrons. The molecule has 23 heteroatoms. The molecule has 0 unspecified atom stereocenters. The highest BCUT2D eigenvalue weighted by atomic mass is 19.4. The highest BCUT2D eigenvalue weighted by molar-refractivity contribution is 5.48. The zero-order valence-electron chi connectivity index (χ0n) is 17.8. The molecule has 0 saturated carbocycles. The lowest BCUT2D eigenvalue weighted by atomic mass is 9.89. The number of benzene rings is 1. The van der Waals surface area contributed by atoms with Gasteiger partial charge in [0.1, 0.15) is 0 Å². The van der Waals surface area contributed by atoms with Crippen molar-refractivity contribution >= 4 is 5.69 Å². The molecule has 0 N–H and O–H groups in total. The molecule has 0 bridgehead atoms. The van der Waals surface area contributed by atoms with Crippen molar-refractivity contribution in [3.8, 4) is 0 Å². The maximum absolute atomic E-state index is 14.5. The molecule has 1 rings (SSSR count). The third kappa shape index (κ3) is 4.06. The lowest BCUT2D eigenvalue weighted by molar-refractivity contribution is -0.466. The average molecular weight is 630 g/mol. The third-order valence-electron chi connectivity index (χ3n) is 5.15. The van der Waals surface area contributed by atoms with Crippen LogP contribution in [0.15, 0.2) is 0 Å². The summed E-state index contributed by atoms with van der Waals surface area (Å²) in [5.41, 5.74) is -3.24. The molecule has 0 saturated heterocycles. The number of quaternary nitrogens is 1. The Morgan fingerprint density at radius 2 is 0.590 bits per heavy atom. The quantitative estimate of drug-likeness (QED) is 0.0901. The fraction of sp³-hybridized carbons (Fsp3) is 0.625. The van der Waals surface area contributed by atoms with Gasteiger partial charge in [-0.2, -0.15) is 74.6 Å². The van der Waals surface area contributed by atoms with Gasteiger partial charge in [0.05, 0.1) is 14.1 Å². The Kier molecular flexibility index (Phi) is 7.84. The number of hydrogen-bond acceptors (Lipinski definition) is 0. The van der Waals surface area contributed by atoms with Crippen molar-refractivity contribution in [1.82, 2.24) is 4.48 Å². The molecule has 0 heterocycles. The van der Waals surface area contributed by atoms with Gasteiger partial charge in [-0.25, -0.2) is 17.7 Å². The van der Waals surface area contributed by atoms with E-state index in [1.54, 1.807) is 0 Å². The standard InChI is InChI=1S/C16H6F22N/c1-39(2,8-6(20)4(18)3(17)5(19)7(8)21)16(37,38)14(32,33)12(28,29)10(24,25)9(22,23)11(26,27)13(30,31)15(34,35)36/h1-2H3/q+1. The summed E-state index contributed by atoms with van der Waals surface area (Å²) >= 11 is 0. The van der Waals surface area contributed by atoms with Crippen molar-refractivity contribution in [2.24, 2.45) is 0 Å². The Morgan fingerprint density at radius 1 is 0.359 bits per heavy atom. The molecule has 228 valence electrons. The number of rotatable bonds is 8. The van der Waals surface area contributed by atoms with E-state index in [0.29, 0.717) is 0 Å². The van der Waals surface area contributed by atoms with Crippen molar-refractivity contribution < 1.29 is 96.6 Å². The summed E-state index contributed by atoms with van der Waals surface area (Å²) < 4.78 is 291. The molecule has 1 aromatic rings. The minimum atomic E-state index is -9.00. The minimum Gasteiger partial charge on any atom is -0.225 e. The van der Waals surface area contributed by atoms with Crippen LogP contribution < -0.4 is 4.48 Å². The van der Waals surface area contributed by atoms with Crippen molar-refractivity contribution in [2.75, 3.05) is 14.1 Å². The van der Waals surface area contributed by atoms with Gasteiger partial charge in [-0.3, -0.25) is 0 Å². The van der Waals surface area contributed by atoms with Crippen molar-refractivity contribution in [2.45, 2.75) is 47.8 Å². The van der Waals surface area contributed by atoms with E-state index in [4.69, 9.17) is 0 Å². The molecule has 0 aliphatic carbocycles. The Bertz CT molecular complexity index is 1080. The van der Waals surface area contributed by atoms with Crippen LogP contribution in [0.5, 0.6) is 0 Å². The van der Waals surface area contributed by atoms with Crippen LogP contribution in [0.4, 0.5) is 102 Å². The first kappa shape index (κ1) is 34.7. The van der Waals surface area contributed by atoms with E-state index in [9.17, 15) is 96.6 Å². The molecule has 1 nitrogen and oxygen atoms in total. The number of nitrogens with zero attached hydrogens (tertiary/aromatic N) is 1. The molecule has 39 heavy (non-hydrogen) atoms. The molecule has 0 aliphatic heterocycles. The highest BCUT2D eigenvalue weighted by Gasteiger charge is 2.97. The van der Waals surface area contributed by atoms with Crippen molar-refractivity contribution in [3.05, 3.63) is 29.1 Å². The van der Waals surface area contributed by atoms with Gasteiger partial charge in [0, 0.05) is 0 Å². The number of halogens is 22. The first-order chi connectivity index (χ1) is 16.7. The van der Waals surface area contributed by atoms with Gasteiger partial charge in [0.25, 0.3) is 0 Å². The summed E-state index contributed by atoms with van der Waals surface area (Å²) in [6.45, 7) is 0. The topological polar surface area (TPSA) is 0 Å². The largest absolute Gasteiger partial charge is 0.466 e. The summed E-state index contributed by atoms with van der Waals surface area (Å²) in [5.74, 6) is -69.2. The van der Waals surface area contributed by atoms with Gasteiger partial charge in [-0.1, -0.05) is 0 Å². The summed E-state index contributed by atoms with van der Waals surface area (Å²) in [6, 6.07) is -7.55. The summed E-state index contributed by atoms with van der Waals surface area (Å²) in [6.07, 6.45) is -7.97. The normalized spacial score (nSPS) is 15.7.